The van der Waals surface area contributed by atoms with Crippen LogP contribution in [0.15, 0.2) is 42.5 Å². The van der Waals surface area contributed by atoms with Crippen LogP contribution in [0.4, 0.5) is 5.69 Å². The summed E-state index contributed by atoms with van der Waals surface area (Å²) >= 11 is 6.09. The first-order valence-electron chi connectivity index (χ1n) is 9.43. The number of hydrogen-bond donors (Lipinski definition) is 2. The number of ether oxygens (including phenoxy) is 1. The fraction of sp³-hybridized carbons (Fsp3) is 0.333. The summed E-state index contributed by atoms with van der Waals surface area (Å²) in [6.07, 6.45) is 1.21. The van der Waals surface area contributed by atoms with Gasteiger partial charge < -0.3 is 20.3 Å². The van der Waals surface area contributed by atoms with Gasteiger partial charge in [-0.2, -0.15) is 0 Å². The van der Waals surface area contributed by atoms with E-state index in [1.807, 2.05) is 30.0 Å². The second-order valence-corrected chi connectivity index (χ2v) is 7.51. The number of carbonyl (C=O) groups excluding carboxylic acids is 2. The Labute approximate surface area is 168 Å². The molecule has 0 atom stereocenters. The predicted octanol–water partition coefficient (Wildman–Crippen LogP) is 3.53. The number of likely N-dealkylation sites (tertiary alicyclic amines) is 1. The second-order valence-electron chi connectivity index (χ2n) is 7.07. The SMILES string of the molecule is CCOc1ccccc1C(=O)N1CCC2(CC1)NC(=O)c1ccc(Cl)cc1N2. The van der Waals surface area contributed by atoms with Gasteiger partial charge in [-0.3, -0.25) is 9.59 Å². The van der Waals surface area contributed by atoms with E-state index >= 15 is 0 Å². The molecule has 4 rings (SSSR count). The molecule has 2 aromatic carbocycles. The molecule has 146 valence electrons. The smallest absolute Gasteiger partial charge is 0.257 e. The molecule has 2 heterocycles. The van der Waals surface area contributed by atoms with Crippen LogP contribution in [0.2, 0.25) is 5.02 Å². The Balaban J connectivity index is 1.49. The first-order valence-corrected chi connectivity index (χ1v) is 9.80. The molecule has 0 saturated carbocycles. The van der Waals surface area contributed by atoms with E-state index in [-0.39, 0.29) is 11.8 Å². The Bertz CT molecular complexity index is 923. The molecule has 2 aliphatic rings. The third-order valence-electron chi connectivity index (χ3n) is 5.27. The Hall–Kier alpha value is -2.73. The summed E-state index contributed by atoms with van der Waals surface area (Å²) in [6, 6.07) is 12.5. The quantitative estimate of drug-likeness (QED) is 0.828. The van der Waals surface area contributed by atoms with Crippen molar-refractivity contribution in [2.45, 2.75) is 25.4 Å². The lowest BCUT2D eigenvalue weighted by Gasteiger charge is -2.46. The molecule has 0 aromatic heterocycles. The number of halogens is 1. The Morgan fingerprint density at radius 2 is 1.93 bits per heavy atom. The van der Waals surface area contributed by atoms with E-state index in [9.17, 15) is 9.59 Å². The molecule has 0 aliphatic carbocycles. The lowest BCUT2D eigenvalue weighted by Crippen LogP contribution is -2.62. The Kier molecular flexibility index (Phi) is 4.89. The highest BCUT2D eigenvalue weighted by Crippen LogP contribution is 2.33. The van der Waals surface area contributed by atoms with Gasteiger partial charge in [0.15, 0.2) is 0 Å². The molecule has 2 aliphatic heterocycles. The molecule has 0 radical (unpaired) electrons. The molecule has 28 heavy (non-hydrogen) atoms. The van der Waals surface area contributed by atoms with Crippen LogP contribution < -0.4 is 15.4 Å². The first kappa shape index (κ1) is 18.6. The van der Waals surface area contributed by atoms with Crippen LogP contribution in [0.1, 0.15) is 40.5 Å². The van der Waals surface area contributed by atoms with Crippen LogP contribution in [0.25, 0.3) is 0 Å². The molecular formula is C21H22ClN3O3. The van der Waals surface area contributed by atoms with Gasteiger partial charge in [0, 0.05) is 31.0 Å². The number of para-hydroxylation sites is 1. The maximum Gasteiger partial charge on any atom is 0.257 e. The van der Waals surface area contributed by atoms with Gasteiger partial charge in [-0.1, -0.05) is 23.7 Å². The maximum absolute atomic E-state index is 13.0. The first-order chi connectivity index (χ1) is 13.5. The number of anilines is 1. The third kappa shape index (κ3) is 3.40. The summed E-state index contributed by atoms with van der Waals surface area (Å²) in [4.78, 5) is 27.3. The number of benzene rings is 2. The molecule has 7 heteroatoms. The summed E-state index contributed by atoms with van der Waals surface area (Å²) < 4.78 is 5.59. The maximum atomic E-state index is 13.0. The predicted molar refractivity (Wildman–Crippen MR) is 108 cm³/mol. The summed E-state index contributed by atoms with van der Waals surface area (Å²) in [7, 11) is 0. The van der Waals surface area contributed by atoms with E-state index in [4.69, 9.17) is 16.3 Å². The van der Waals surface area contributed by atoms with Gasteiger partial charge in [0.2, 0.25) is 0 Å². The standard InChI is InChI=1S/C21H22ClN3O3/c1-2-28-18-6-4-3-5-16(18)20(27)25-11-9-21(10-12-25)23-17-13-14(22)7-8-15(17)19(26)24-21/h3-8,13,23H,2,9-12H2,1H3,(H,24,26). The summed E-state index contributed by atoms with van der Waals surface area (Å²) in [5.74, 6) is 0.430. The van der Waals surface area contributed by atoms with Crippen molar-refractivity contribution < 1.29 is 14.3 Å². The average molecular weight is 400 g/mol. The van der Waals surface area contributed by atoms with Crippen molar-refractivity contribution in [3.05, 3.63) is 58.6 Å². The summed E-state index contributed by atoms with van der Waals surface area (Å²) in [5.41, 5.74) is 1.32. The van der Waals surface area contributed by atoms with Crippen LogP contribution in [-0.4, -0.2) is 42.1 Å². The number of hydrogen-bond acceptors (Lipinski definition) is 4. The zero-order chi connectivity index (χ0) is 19.7. The van der Waals surface area contributed by atoms with Gasteiger partial charge in [0.25, 0.3) is 11.8 Å². The van der Waals surface area contributed by atoms with Crippen LogP contribution in [0.3, 0.4) is 0 Å². The Morgan fingerprint density at radius 1 is 1.18 bits per heavy atom. The van der Waals surface area contributed by atoms with E-state index in [1.54, 1.807) is 24.3 Å². The van der Waals surface area contributed by atoms with Crippen molar-refractivity contribution in [1.29, 1.82) is 0 Å². The van der Waals surface area contributed by atoms with Gasteiger partial charge >= 0.3 is 0 Å². The lowest BCUT2D eigenvalue weighted by atomic mass is 9.92. The van der Waals surface area contributed by atoms with Crippen molar-refractivity contribution >= 4 is 29.1 Å². The van der Waals surface area contributed by atoms with Crippen molar-refractivity contribution in [3.8, 4) is 5.75 Å². The fourth-order valence-electron chi connectivity index (χ4n) is 3.83. The molecule has 1 saturated heterocycles. The fourth-order valence-corrected chi connectivity index (χ4v) is 4.00. The zero-order valence-electron chi connectivity index (χ0n) is 15.6. The van der Waals surface area contributed by atoms with Gasteiger partial charge in [0.1, 0.15) is 11.4 Å². The molecular weight excluding hydrogens is 378 g/mol. The van der Waals surface area contributed by atoms with Crippen LogP contribution >= 0.6 is 11.6 Å². The molecule has 1 spiro atoms. The van der Waals surface area contributed by atoms with E-state index in [1.165, 1.54) is 0 Å². The van der Waals surface area contributed by atoms with Gasteiger partial charge in [-0.15, -0.1) is 0 Å². The molecule has 0 unspecified atom stereocenters. The molecule has 1 fully saturated rings. The minimum Gasteiger partial charge on any atom is -0.493 e. The van der Waals surface area contributed by atoms with Crippen molar-refractivity contribution in [2.24, 2.45) is 0 Å². The number of piperidine rings is 1. The molecule has 0 bridgehead atoms. The second kappa shape index (κ2) is 7.36. The topological polar surface area (TPSA) is 70.7 Å². The van der Waals surface area contributed by atoms with Gasteiger partial charge in [0.05, 0.1) is 23.4 Å². The average Bonchev–Trinajstić information content (AvgIpc) is 2.68. The molecule has 2 aromatic rings. The highest BCUT2D eigenvalue weighted by Gasteiger charge is 2.41. The third-order valence-corrected chi connectivity index (χ3v) is 5.51. The largest absolute Gasteiger partial charge is 0.493 e. The minimum atomic E-state index is -0.565. The van der Waals surface area contributed by atoms with Crippen molar-refractivity contribution in [1.82, 2.24) is 10.2 Å². The van der Waals surface area contributed by atoms with E-state index in [0.717, 1.165) is 5.69 Å². The highest BCUT2D eigenvalue weighted by molar-refractivity contribution is 6.31. The number of fused-ring (bicyclic) bond motifs is 1. The van der Waals surface area contributed by atoms with E-state index < -0.39 is 5.66 Å². The number of carbonyl (C=O) groups is 2. The van der Waals surface area contributed by atoms with Gasteiger partial charge in [-0.25, -0.2) is 0 Å². The number of amides is 2. The molecule has 2 N–H and O–H groups in total. The highest BCUT2D eigenvalue weighted by atomic mass is 35.5. The number of nitrogens with one attached hydrogen (secondary N) is 2. The van der Waals surface area contributed by atoms with Crippen LogP contribution in [0, 0.1) is 0 Å². The number of nitrogens with zero attached hydrogens (tertiary/aromatic N) is 1. The molecule has 6 nitrogen and oxygen atoms in total. The van der Waals surface area contributed by atoms with Crippen LogP contribution in [0.5, 0.6) is 5.75 Å². The van der Waals surface area contributed by atoms with Crippen molar-refractivity contribution in [2.75, 3.05) is 25.0 Å². The summed E-state index contributed by atoms with van der Waals surface area (Å²) in [6.45, 7) is 3.46. The van der Waals surface area contributed by atoms with Crippen molar-refractivity contribution in [3.63, 3.8) is 0 Å². The van der Waals surface area contributed by atoms with E-state index in [0.29, 0.717) is 54.4 Å². The zero-order valence-corrected chi connectivity index (χ0v) is 16.4. The van der Waals surface area contributed by atoms with E-state index in [2.05, 4.69) is 10.6 Å². The minimum absolute atomic E-state index is 0.0514. The Morgan fingerprint density at radius 3 is 2.68 bits per heavy atom. The summed E-state index contributed by atoms with van der Waals surface area (Å²) in [5, 5.41) is 7.10. The normalized spacial score (nSPS) is 17.5. The molecule has 2 amide bonds. The van der Waals surface area contributed by atoms with Gasteiger partial charge in [-0.05, 0) is 37.3 Å². The van der Waals surface area contributed by atoms with Crippen LogP contribution in [-0.2, 0) is 0 Å². The monoisotopic (exact) mass is 399 g/mol. The number of rotatable bonds is 3. The lowest BCUT2D eigenvalue weighted by molar-refractivity contribution is 0.0636.